The lowest BCUT2D eigenvalue weighted by molar-refractivity contribution is -0.122. The summed E-state index contributed by atoms with van der Waals surface area (Å²) < 4.78 is 32.4. The van der Waals surface area contributed by atoms with E-state index in [2.05, 4.69) is 10.0 Å². The van der Waals surface area contributed by atoms with Crippen molar-refractivity contribution in [3.05, 3.63) is 53.5 Å². The summed E-state index contributed by atoms with van der Waals surface area (Å²) in [5.74, 6) is 0.179. The highest BCUT2D eigenvalue weighted by atomic mass is 32.2. The number of furan rings is 1. The number of hydrogen-bond acceptors (Lipinski definition) is 4. The normalized spacial score (nSPS) is 12.8. The second-order valence-electron chi connectivity index (χ2n) is 5.41. The van der Waals surface area contributed by atoms with Gasteiger partial charge in [0.05, 0.1) is 23.7 Å². The predicted octanol–water partition coefficient (Wildman–Crippen LogP) is 1.88. The van der Waals surface area contributed by atoms with E-state index in [0.717, 1.165) is 5.56 Å². The summed E-state index contributed by atoms with van der Waals surface area (Å²) in [4.78, 5) is 12.2. The Morgan fingerprint density at radius 1 is 1.26 bits per heavy atom. The number of hydrogen-bond donors (Lipinski definition) is 2. The van der Waals surface area contributed by atoms with Crippen LogP contribution in [0, 0.1) is 13.8 Å². The highest BCUT2D eigenvalue weighted by molar-refractivity contribution is 7.89. The summed E-state index contributed by atoms with van der Waals surface area (Å²) in [5.41, 5.74) is 1.47. The number of carbonyl (C=O) groups is 1. The lowest BCUT2D eigenvalue weighted by Crippen LogP contribution is -2.44. The molecule has 1 unspecified atom stereocenters. The molecule has 1 amide bonds. The lowest BCUT2D eigenvalue weighted by Gasteiger charge is -2.15. The molecular formula is C16H20N2O4S. The molecule has 1 aromatic carbocycles. The lowest BCUT2D eigenvalue weighted by atomic mass is 10.2. The molecule has 0 radical (unpaired) electrons. The molecule has 1 heterocycles. The average molecular weight is 336 g/mol. The predicted molar refractivity (Wildman–Crippen MR) is 86.3 cm³/mol. The SMILES string of the molecule is Cc1ccc(C)c(S(=O)(=O)NC(C)C(=O)NCc2ccco2)c1. The zero-order chi connectivity index (χ0) is 17.0. The number of nitrogens with one attached hydrogen (secondary N) is 2. The van der Waals surface area contributed by atoms with Crippen molar-refractivity contribution in [3.8, 4) is 0 Å². The van der Waals surface area contributed by atoms with Crippen molar-refractivity contribution >= 4 is 15.9 Å². The van der Waals surface area contributed by atoms with E-state index in [4.69, 9.17) is 4.42 Å². The van der Waals surface area contributed by atoms with Crippen molar-refractivity contribution in [1.82, 2.24) is 10.0 Å². The first-order valence-corrected chi connectivity index (χ1v) is 8.67. The fourth-order valence-corrected chi connectivity index (χ4v) is 3.62. The van der Waals surface area contributed by atoms with Crippen molar-refractivity contribution in [2.45, 2.75) is 38.3 Å². The van der Waals surface area contributed by atoms with Gasteiger partial charge < -0.3 is 9.73 Å². The van der Waals surface area contributed by atoms with Crippen LogP contribution in [0.4, 0.5) is 0 Å². The molecule has 6 nitrogen and oxygen atoms in total. The number of rotatable bonds is 6. The molecule has 0 aliphatic rings. The van der Waals surface area contributed by atoms with Gasteiger partial charge in [-0.3, -0.25) is 4.79 Å². The Balaban J connectivity index is 2.04. The molecule has 0 aliphatic carbocycles. The van der Waals surface area contributed by atoms with Gasteiger partial charge in [-0.05, 0) is 50.1 Å². The van der Waals surface area contributed by atoms with E-state index in [-0.39, 0.29) is 11.4 Å². The van der Waals surface area contributed by atoms with Crippen LogP contribution in [0.2, 0.25) is 0 Å². The molecule has 2 N–H and O–H groups in total. The van der Waals surface area contributed by atoms with Gasteiger partial charge in [0.2, 0.25) is 15.9 Å². The van der Waals surface area contributed by atoms with Gasteiger partial charge in [-0.1, -0.05) is 12.1 Å². The Hall–Kier alpha value is -2.12. The average Bonchev–Trinajstić information content (AvgIpc) is 3.00. The van der Waals surface area contributed by atoms with Gasteiger partial charge in [0.1, 0.15) is 5.76 Å². The van der Waals surface area contributed by atoms with Gasteiger partial charge in [0.15, 0.2) is 0 Å². The molecule has 0 saturated carbocycles. The Labute approximate surface area is 135 Å². The fraction of sp³-hybridized carbons (Fsp3) is 0.312. The zero-order valence-electron chi connectivity index (χ0n) is 13.3. The number of carbonyl (C=O) groups excluding carboxylic acids is 1. The molecule has 1 aromatic heterocycles. The quantitative estimate of drug-likeness (QED) is 0.843. The maximum absolute atomic E-state index is 12.4. The molecule has 1 atom stereocenters. The zero-order valence-corrected chi connectivity index (χ0v) is 14.1. The van der Waals surface area contributed by atoms with Crippen LogP contribution >= 0.6 is 0 Å². The van der Waals surface area contributed by atoms with Gasteiger partial charge in [0.25, 0.3) is 0 Å². The van der Waals surface area contributed by atoms with E-state index < -0.39 is 22.0 Å². The topological polar surface area (TPSA) is 88.4 Å². The van der Waals surface area contributed by atoms with Crippen LogP contribution in [0.15, 0.2) is 45.9 Å². The third-order valence-corrected chi connectivity index (χ3v) is 5.06. The third-order valence-electron chi connectivity index (χ3n) is 3.38. The van der Waals surface area contributed by atoms with E-state index >= 15 is 0 Å². The minimum absolute atomic E-state index is 0.184. The number of benzene rings is 1. The monoisotopic (exact) mass is 336 g/mol. The molecule has 0 bridgehead atoms. The van der Waals surface area contributed by atoms with Crippen LogP contribution in [0.3, 0.4) is 0 Å². The number of sulfonamides is 1. The van der Waals surface area contributed by atoms with Gasteiger partial charge in [-0.25, -0.2) is 8.42 Å². The third kappa shape index (κ3) is 4.43. The first-order valence-electron chi connectivity index (χ1n) is 7.19. The summed E-state index contributed by atoms with van der Waals surface area (Å²) >= 11 is 0. The first kappa shape index (κ1) is 17.2. The number of aryl methyl sites for hydroxylation is 2. The van der Waals surface area contributed by atoms with Crippen molar-refractivity contribution in [2.24, 2.45) is 0 Å². The molecule has 23 heavy (non-hydrogen) atoms. The standard InChI is InChI=1S/C16H20N2O4S/c1-11-6-7-12(2)15(9-11)23(20,21)18-13(3)16(19)17-10-14-5-4-8-22-14/h4-9,13,18H,10H2,1-3H3,(H,17,19). The summed E-state index contributed by atoms with van der Waals surface area (Å²) in [7, 11) is -3.76. The Bertz CT molecular complexity index is 782. The van der Waals surface area contributed by atoms with Gasteiger partial charge in [0, 0.05) is 0 Å². The van der Waals surface area contributed by atoms with Crippen LogP contribution in [-0.4, -0.2) is 20.4 Å². The highest BCUT2D eigenvalue weighted by Crippen LogP contribution is 2.17. The van der Waals surface area contributed by atoms with Crippen molar-refractivity contribution in [1.29, 1.82) is 0 Å². The summed E-state index contributed by atoms with van der Waals surface area (Å²) in [6.07, 6.45) is 1.51. The minimum Gasteiger partial charge on any atom is -0.467 e. The largest absolute Gasteiger partial charge is 0.467 e. The summed E-state index contributed by atoms with van der Waals surface area (Å²) in [6.45, 7) is 5.25. The second kappa shape index (κ2) is 6.97. The molecule has 7 heteroatoms. The fourth-order valence-electron chi connectivity index (χ4n) is 2.09. The molecule has 2 rings (SSSR count). The first-order chi connectivity index (χ1) is 10.8. The Kier molecular flexibility index (Phi) is 5.23. The smallest absolute Gasteiger partial charge is 0.241 e. The molecule has 2 aromatic rings. The maximum Gasteiger partial charge on any atom is 0.241 e. The van der Waals surface area contributed by atoms with Crippen molar-refractivity contribution in [3.63, 3.8) is 0 Å². The highest BCUT2D eigenvalue weighted by Gasteiger charge is 2.23. The second-order valence-corrected chi connectivity index (χ2v) is 7.09. The van der Waals surface area contributed by atoms with E-state index in [0.29, 0.717) is 11.3 Å². The molecule has 124 valence electrons. The van der Waals surface area contributed by atoms with E-state index in [1.165, 1.54) is 13.2 Å². The molecule has 0 saturated heterocycles. The van der Waals surface area contributed by atoms with Crippen LogP contribution in [-0.2, 0) is 21.4 Å². The molecular weight excluding hydrogens is 316 g/mol. The van der Waals surface area contributed by atoms with E-state index in [9.17, 15) is 13.2 Å². The molecule has 0 aliphatic heterocycles. The molecule has 0 spiro atoms. The minimum atomic E-state index is -3.76. The maximum atomic E-state index is 12.4. The Morgan fingerprint density at radius 3 is 2.65 bits per heavy atom. The van der Waals surface area contributed by atoms with Crippen molar-refractivity contribution < 1.29 is 17.6 Å². The van der Waals surface area contributed by atoms with Gasteiger partial charge >= 0.3 is 0 Å². The van der Waals surface area contributed by atoms with E-state index in [1.807, 2.05) is 13.0 Å². The number of amides is 1. The van der Waals surface area contributed by atoms with E-state index in [1.54, 1.807) is 31.2 Å². The van der Waals surface area contributed by atoms with Crippen LogP contribution < -0.4 is 10.0 Å². The van der Waals surface area contributed by atoms with Crippen LogP contribution in [0.5, 0.6) is 0 Å². The van der Waals surface area contributed by atoms with Crippen molar-refractivity contribution in [2.75, 3.05) is 0 Å². The van der Waals surface area contributed by atoms with Gasteiger partial charge in [-0.15, -0.1) is 0 Å². The molecule has 0 fully saturated rings. The van der Waals surface area contributed by atoms with Gasteiger partial charge in [-0.2, -0.15) is 4.72 Å². The summed E-state index contributed by atoms with van der Waals surface area (Å²) in [6, 6.07) is 7.72. The van der Waals surface area contributed by atoms with Crippen LogP contribution in [0.25, 0.3) is 0 Å². The summed E-state index contributed by atoms with van der Waals surface area (Å²) in [5, 5.41) is 2.63. The Morgan fingerprint density at radius 2 is 2.00 bits per heavy atom. The van der Waals surface area contributed by atoms with Crippen LogP contribution in [0.1, 0.15) is 23.8 Å².